The summed E-state index contributed by atoms with van der Waals surface area (Å²) in [4.78, 5) is 3.68. The molecule has 0 bridgehead atoms. The lowest BCUT2D eigenvalue weighted by atomic mass is 10.1. The van der Waals surface area contributed by atoms with E-state index in [0.717, 1.165) is 12.5 Å². The van der Waals surface area contributed by atoms with Crippen LogP contribution in [0.25, 0.3) is 11.4 Å². The molecule has 16 heavy (non-hydrogen) atoms. The zero-order chi connectivity index (χ0) is 11.8. The fourth-order valence-corrected chi connectivity index (χ4v) is 1.65. The molecule has 0 amide bonds. The lowest BCUT2D eigenvalue weighted by molar-refractivity contribution is -0.138. The van der Waals surface area contributed by atoms with Crippen molar-refractivity contribution in [3.05, 3.63) is 34.6 Å². The fourth-order valence-electron chi connectivity index (χ4n) is 1.18. The molecule has 0 atom stereocenters. The average Bonchev–Trinajstić information content (AvgIpc) is 2.69. The Morgan fingerprint density at radius 1 is 1.25 bits per heavy atom. The highest BCUT2D eigenvalue weighted by Crippen LogP contribution is 2.36. The third-order valence-corrected chi connectivity index (χ3v) is 2.58. The normalized spacial score (nSPS) is 11.8. The number of nitrogens with zero attached hydrogens (tertiary/aromatic N) is 2. The highest BCUT2D eigenvalue weighted by Gasteiger charge is 2.33. The monoisotopic (exact) mass is 292 g/mol. The smallest absolute Gasteiger partial charge is 0.342 e. The maximum Gasteiger partial charge on any atom is 0.417 e. The van der Waals surface area contributed by atoms with Gasteiger partial charge in [0, 0.05) is 10.0 Å². The molecule has 0 unspecified atom stereocenters. The molecule has 2 aromatic rings. The van der Waals surface area contributed by atoms with Crippen LogP contribution in [0, 0.1) is 0 Å². The zero-order valence-electron chi connectivity index (χ0n) is 7.62. The molecule has 0 N–H and O–H groups in total. The topological polar surface area (TPSA) is 38.9 Å². The number of benzene rings is 1. The van der Waals surface area contributed by atoms with Crippen molar-refractivity contribution in [2.75, 3.05) is 0 Å². The molecule has 7 heteroatoms. The van der Waals surface area contributed by atoms with Crippen molar-refractivity contribution in [3.8, 4) is 11.4 Å². The predicted octanol–water partition coefficient (Wildman–Crippen LogP) is 3.52. The summed E-state index contributed by atoms with van der Waals surface area (Å²) in [5, 5.41) is 3.47. The third-order valence-electron chi connectivity index (χ3n) is 1.89. The second kappa shape index (κ2) is 3.89. The summed E-state index contributed by atoms with van der Waals surface area (Å²) in [6.45, 7) is 0. The summed E-state index contributed by atoms with van der Waals surface area (Å²) >= 11 is 2.85. The molecule has 0 aliphatic rings. The molecule has 84 valence electrons. The molecule has 0 saturated heterocycles. The number of halogens is 4. The van der Waals surface area contributed by atoms with Crippen LogP contribution < -0.4 is 0 Å². The second-order valence-electron chi connectivity index (χ2n) is 2.95. The summed E-state index contributed by atoms with van der Waals surface area (Å²) in [5.41, 5.74) is -0.515. The van der Waals surface area contributed by atoms with Gasteiger partial charge in [0.25, 0.3) is 0 Å². The van der Waals surface area contributed by atoms with Crippen molar-refractivity contribution >= 4 is 15.9 Å². The van der Waals surface area contributed by atoms with E-state index < -0.39 is 11.7 Å². The summed E-state index contributed by atoms with van der Waals surface area (Å²) in [5.74, 6) is 0.123. The van der Waals surface area contributed by atoms with Gasteiger partial charge in [-0.1, -0.05) is 21.1 Å². The Labute approximate surface area is 96.4 Å². The Bertz CT molecular complexity index is 496. The standard InChI is InChI=1S/C9H4BrF3N2O/c10-7-2-1-5(8-14-4-16-15-8)3-6(7)9(11,12)13/h1-4H. The van der Waals surface area contributed by atoms with Gasteiger partial charge in [-0.05, 0) is 18.2 Å². The van der Waals surface area contributed by atoms with Crippen LogP contribution in [-0.2, 0) is 6.18 Å². The van der Waals surface area contributed by atoms with Gasteiger partial charge in [0.2, 0.25) is 12.2 Å². The Kier molecular flexibility index (Phi) is 2.71. The first-order valence-electron chi connectivity index (χ1n) is 4.12. The third kappa shape index (κ3) is 2.08. The summed E-state index contributed by atoms with van der Waals surface area (Å²) < 4.78 is 42.2. The number of hydrogen-bond acceptors (Lipinski definition) is 3. The van der Waals surface area contributed by atoms with Gasteiger partial charge in [0.15, 0.2) is 0 Å². The van der Waals surface area contributed by atoms with E-state index in [4.69, 9.17) is 0 Å². The van der Waals surface area contributed by atoms with E-state index in [-0.39, 0.29) is 15.9 Å². The van der Waals surface area contributed by atoms with E-state index in [1.54, 1.807) is 0 Å². The molecular weight excluding hydrogens is 289 g/mol. The lowest BCUT2D eigenvalue weighted by Gasteiger charge is -2.09. The van der Waals surface area contributed by atoms with E-state index in [2.05, 4.69) is 30.6 Å². The van der Waals surface area contributed by atoms with Gasteiger partial charge in [-0.25, -0.2) is 0 Å². The summed E-state index contributed by atoms with van der Waals surface area (Å²) in [6, 6.07) is 3.74. The maximum absolute atomic E-state index is 12.6. The molecule has 0 aliphatic heterocycles. The number of aromatic nitrogens is 2. The van der Waals surface area contributed by atoms with Crippen molar-refractivity contribution in [2.45, 2.75) is 6.18 Å². The Morgan fingerprint density at radius 2 is 2.00 bits per heavy atom. The summed E-state index contributed by atoms with van der Waals surface area (Å²) in [6.07, 6.45) is -3.36. The van der Waals surface area contributed by atoms with Crippen LogP contribution in [0.5, 0.6) is 0 Å². The second-order valence-corrected chi connectivity index (χ2v) is 3.80. The molecule has 0 fully saturated rings. The molecule has 0 saturated carbocycles. The van der Waals surface area contributed by atoms with E-state index in [9.17, 15) is 13.2 Å². The first-order chi connectivity index (χ1) is 7.48. The van der Waals surface area contributed by atoms with Gasteiger partial charge < -0.3 is 4.52 Å². The van der Waals surface area contributed by atoms with E-state index >= 15 is 0 Å². The van der Waals surface area contributed by atoms with Gasteiger partial charge in [-0.3, -0.25) is 0 Å². The van der Waals surface area contributed by atoms with E-state index in [1.807, 2.05) is 0 Å². The van der Waals surface area contributed by atoms with Gasteiger partial charge >= 0.3 is 6.18 Å². The highest BCUT2D eigenvalue weighted by atomic mass is 79.9. The highest BCUT2D eigenvalue weighted by molar-refractivity contribution is 9.10. The van der Waals surface area contributed by atoms with Crippen LogP contribution in [0.3, 0.4) is 0 Å². The maximum atomic E-state index is 12.6. The molecule has 3 nitrogen and oxygen atoms in total. The van der Waals surface area contributed by atoms with Crippen LogP contribution in [-0.4, -0.2) is 10.1 Å². The Morgan fingerprint density at radius 3 is 2.56 bits per heavy atom. The average molecular weight is 293 g/mol. The number of alkyl halides is 3. The molecule has 2 rings (SSSR count). The minimum atomic E-state index is -4.42. The van der Waals surface area contributed by atoms with Crippen molar-refractivity contribution in [1.82, 2.24) is 10.1 Å². The largest absolute Gasteiger partial charge is 0.417 e. The minimum Gasteiger partial charge on any atom is -0.342 e. The fraction of sp³-hybridized carbons (Fsp3) is 0.111. The molecular formula is C9H4BrF3N2O. The van der Waals surface area contributed by atoms with Crippen LogP contribution >= 0.6 is 15.9 Å². The van der Waals surface area contributed by atoms with Gasteiger partial charge in [-0.15, -0.1) is 0 Å². The minimum absolute atomic E-state index is 0.0211. The van der Waals surface area contributed by atoms with E-state index in [0.29, 0.717) is 0 Å². The number of rotatable bonds is 1. The van der Waals surface area contributed by atoms with Crippen molar-refractivity contribution < 1.29 is 17.7 Å². The van der Waals surface area contributed by atoms with Gasteiger partial charge in [0.05, 0.1) is 5.56 Å². The van der Waals surface area contributed by atoms with Crippen molar-refractivity contribution in [3.63, 3.8) is 0 Å². The van der Waals surface area contributed by atoms with Crippen LogP contribution in [0.4, 0.5) is 13.2 Å². The molecule has 0 radical (unpaired) electrons. The van der Waals surface area contributed by atoms with Crippen LogP contribution in [0.2, 0.25) is 0 Å². The van der Waals surface area contributed by atoms with Crippen molar-refractivity contribution in [1.29, 1.82) is 0 Å². The molecule has 1 heterocycles. The Hall–Kier alpha value is -1.37. The summed E-state index contributed by atoms with van der Waals surface area (Å²) in [7, 11) is 0. The quantitative estimate of drug-likeness (QED) is 0.807. The van der Waals surface area contributed by atoms with Crippen LogP contribution in [0.15, 0.2) is 33.6 Å². The number of hydrogen-bond donors (Lipinski definition) is 0. The van der Waals surface area contributed by atoms with E-state index in [1.165, 1.54) is 12.1 Å². The molecule has 1 aromatic heterocycles. The molecule has 1 aromatic carbocycles. The molecule has 0 spiro atoms. The van der Waals surface area contributed by atoms with Crippen molar-refractivity contribution in [2.24, 2.45) is 0 Å². The zero-order valence-corrected chi connectivity index (χ0v) is 9.21. The van der Waals surface area contributed by atoms with Gasteiger partial charge in [0.1, 0.15) is 0 Å². The first kappa shape index (κ1) is 11.1. The first-order valence-corrected chi connectivity index (χ1v) is 4.91. The SMILES string of the molecule is FC(F)(F)c1cc(-c2ncon2)ccc1Br. The lowest BCUT2D eigenvalue weighted by Crippen LogP contribution is -2.06. The van der Waals surface area contributed by atoms with Gasteiger partial charge in [-0.2, -0.15) is 18.2 Å². The van der Waals surface area contributed by atoms with Crippen LogP contribution in [0.1, 0.15) is 5.56 Å². The predicted molar refractivity (Wildman–Crippen MR) is 52.4 cm³/mol. The Balaban J connectivity index is 2.52. The molecule has 0 aliphatic carbocycles.